The molecule has 2 heterocycles. The van der Waals surface area contributed by atoms with Crippen molar-refractivity contribution < 1.29 is 14.3 Å². The van der Waals surface area contributed by atoms with Gasteiger partial charge in [-0.2, -0.15) is 0 Å². The summed E-state index contributed by atoms with van der Waals surface area (Å²) < 4.78 is 5.44. The molecule has 2 aromatic rings. The molecule has 0 saturated heterocycles. The van der Waals surface area contributed by atoms with Crippen LogP contribution in [-0.2, 0) is 16.1 Å². The second-order valence-corrected chi connectivity index (χ2v) is 7.94. The molecule has 0 saturated carbocycles. The lowest BCUT2D eigenvalue weighted by Gasteiger charge is -2.40. The molecule has 0 fully saturated rings. The average Bonchev–Trinajstić information content (AvgIpc) is 2.76. The van der Waals surface area contributed by atoms with Crippen LogP contribution < -0.4 is 15.5 Å². The van der Waals surface area contributed by atoms with Crippen molar-refractivity contribution in [2.75, 3.05) is 16.3 Å². The molecule has 2 amide bonds. The summed E-state index contributed by atoms with van der Waals surface area (Å²) in [4.78, 5) is 36.9. The van der Waals surface area contributed by atoms with E-state index in [4.69, 9.17) is 10.5 Å². The zero-order valence-corrected chi connectivity index (χ0v) is 18.9. The number of hydrogen-bond donors (Lipinski definition) is 1. The molecule has 1 aliphatic heterocycles. The van der Waals surface area contributed by atoms with Crippen molar-refractivity contribution in [3.63, 3.8) is 0 Å². The molecule has 1 aliphatic rings. The number of fused-ring (bicyclic) bond motifs is 1. The summed E-state index contributed by atoms with van der Waals surface area (Å²) in [5, 5.41) is 0. The van der Waals surface area contributed by atoms with Crippen molar-refractivity contribution in [1.29, 1.82) is 0 Å². The first kappa shape index (κ1) is 23.0. The third-order valence-corrected chi connectivity index (χ3v) is 5.05. The third-order valence-electron chi connectivity index (χ3n) is 5.05. The van der Waals surface area contributed by atoms with E-state index in [0.717, 1.165) is 11.1 Å². The lowest BCUT2D eigenvalue weighted by Crippen LogP contribution is -2.51. The second kappa shape index (κ2) is 10.1. The Morgan fingerprint density at radius 1 is 1.31 bits per heavy atom. The predicted molar refractivity (Wildman–Crippen MR) is 127 cm³/mol. The van der Waals surface area contributed by atoms with Gasteiger partial charge in [-0.05, 0) is 50.1 Å². The average molecular weight is 436 g/mol. The number of carbonyl (C=O) groups is 2. The van der Waals surface area contributed by atoms with Crippen molar-refractivity contribution in [3.8, 4) is 0 Å². The van der Waals surface area contributed by atoms with Crippen molar-refractivity contribution in [2.24, 2.45) is 10.7 Å². The highest BCUT2D eigenvalue weighted by atomic mass is 16.6. The maximum Gasteiger partial charge on any atom is 0.414 e. The molecule has 0 aliphatic carbocycles. The van der Waals surface area contributed by atoms with Gasteiger partial charge in [-0.15, -0.1) is 0 Å². The van der Waals surface area contributed by atoms with Crippen molar-refractivity contribution >= 4 is 35.2 Å². The Morgan fingerprint density at radius 3 is 2.72 bits per heavy atom. The van der Waals surface area contributed by atoms with Crippen molar-refractivity contribution in [2.45, 2.75) is 46.4 Å². The molecular weight excluding hydrogens is 406 g/mol. The molecule has 0 bridgehead atoms. The highest BCUT2D eigenvalue weighted by Crippen LogP contribution is 2.38. The topological polar surface area (TPSA) is 101 Å². The van der Waals surface area contributed by atoms with Gasteiger partial charge in [0.2, 0.25) is 5.91 Å². The molecule has 2 N–H and O–H groups in total. The van der Waals surface area contributed by atoms with E-state index < -0.39 is 6.09 Å². The van der Waals surface area contributed by atoms with Crippen LogP contribution in [0.4, 0.5) is 16.2 Å². The summed E-state index contributed by atoms with van der Waals surface area (Å²) in [5.74, 6) is -0.0870. The fourth-order valence-corrected chi connectivity index (χ4v) is 3.68. The van der Waals surface area contributed by atoms with Gasteiger partial charge in [0.15, 0.2) is 0 Å². The minimum absolute atomic E-state index is 0.0870. The van der Waals surface area contributed by atoms with Crippen LogP contribution in [0.25, 0.3) is 5.57 Å². The second-order valence-electron chi connectivity index (χ2n) is 7.94. The van der Waals surface area contributed by atoms with Gasteiger partial charge in [0.1, 0.15) is 0 Å². The summed E-state index contributed by atoms with van der Waals surface area (Å²) in [6.45, 7) is 7.84. The Morgan fingerprint density at radius 2 is 2.09 bits per heavy atom. The van der Waals surface area contributed by atoms with Gasteiger partial charge < -0.3 is 15.4 Å². The van der Waals surface area contributed by atoms with Crippen LogP contribution in [0.1, 0.15) is 38.8 Å². The van der Waals surface area contributed by atoms with Gasteiger partial charge in [0, 0.05) is 43.8 Å². The highest BCUT2D eigenvalue weighted by molar-refractivity contribution is 6.11. The van der Waals surface area contributed by atoms with Gasteiger partial charge in [-0.1, -0.05) is 12.1 Å². The van der Waals surface area contributed by atoms with E-state index in [1.807, 2.05) is 37.3 Å². The number of ether oxygens (including phenoxy) is 1. The number of pyridine rings is 1. The zero-order valence-electron chi connectivity index (χ0n) is 18.9. The number of benzene rings is 1. The number of rotatable bonds is 5. The number of aromatic nitrogens is 1. The molecule has 0 radical (unpaired) electrons. The quantitative estimate of drug-likeness (QED) is 0.721. The number of amides is 2. The Labute approximate surface area is 188 Å². The summed E-state index contributed by atoms with van der Waals surface area (Å²) in [6.07, 6.45) is 5.94. The molecule has 8 nitrogen and oxygen atoms in total. The number of nitrogens with two attached hydrogens (primary N) is 1. The lowest BCUT2D eigenvalue weighted by atomic mass is 10.0. The molecular formula is C24H29N5O3. The van der Waals surface area contributed by atoms with Crippen LogP contribution in [0.2, 0.25) is 0 Å². The zero-order chi connectivity index (χ0) is 23.3. The number of allylic oxidation sites excluding steroid dienone is 1. The van der Waals surface area contributed by atoms with Crippen molar-refractivity contribution in [3.05, 3.63) is 60.1 Å². The predicted octanol–water partition coefficient (Wildman–Crippen LogP) is 3.76. The molecule has 1 unspecified atom stereocenters. The Bertz CT molecular complexity index is 1030. The Balaban J connectivity index is 1.95. The third kappa shape index (κ3) is 5.14. The number of hydrogen-bond acceptors (Lipinski definition) is 6. The van der Waals surface area contributed by atoms with Gasteiger partial charge >= 0.3 is 6.09 Å². The molecule has 32 heavy (non-hydrogen) atoms. The fraction of sp³-hybridized carbons (Fsp3) is 0.333. The van der Waals surface area contributed by atoms with E-state index in [2.05, 4.69) is 9.98 Å². The maximum atomic E-state index is 12.8. The van der Waals surface area contributed by atoms with Gasteiger partial charge in [0.25, 0.3) is 0 Å². The smallest absolute Gasteiger partial charge is 0.414 e. The number of aliphatic imine (C=N–C) groups is 1. The molecule has 8 heteroatoms. The van der Waals surface area contributed by atoms with E-state index in [-0.39, 0.29) is 18.1 Å². The summed E-state index contributed by atoms with van der Waals surface area (Å²) >= 11 is 0. The lowest BCUT2D eigenvalue weighted by molar-refractivity contribution is -0.117. The van der Waals surface area contributed by atoms with Gasteiger partial charge in [-0.3, -0.25) is 19.7 Å². The van der Waals surface area contributed by atoms with Crippen LogP contribution >= 0.6 is 0 Å². The van der Waals surface area contributed by atoms with Gasteiger partial charge in [-0.25, -0.2) is 4.79 Å². The van der Waals surface area contributed by atoms with Crippen LogP contribution in [0.15, 0.2) is 53.9 Å². The standard InChI is InChI=1S/C24H29N5O3/c1-16(2)32-24(31)28-15-17(3)29(18(4)30)22-8-7-20(10-23(22)28)21(11-25)14-27-13-19-6-5-9-26-12-19/h5-12,14,16-17H,13,15,25H2,1-4H3. The van der Waals surface area contributed by atoms with Crippen LogP contribution in [-0.4, -0.2) is 41.9 Å². The first-order chi connectivity index (χ1) is 15.3. The van der Waals surface area contributed by atoms with E-state index in [1.54, 1.807) is 42.3 Å². The summed E-state index contributed by atoms with van der Waals surface area (Å²) in [6, 6.07) is 9.17. The summed E-state index contributed by atoms with van der Waals surface area (Å²) in [7, 11) is 0. The summed E-state index contributed by atoms with van der Waals surface area (Å²) in [5.41, 5.74) is 9.60. The maximum absolute atomic E-state index is 12.8. The van der Waals surface area contributed by atoms with E-state index >= 15 is 0 Å². The van der Waals surface area contributed by atoms with E-state index in [0.29, 0.717) is 30.0 Å². The van der Waals surface area contributed by atoms with E-state index in [9.17, 15) is 9.59 Å². The Kier molecular flexibility index (Phi) is 7.25. The first-order valence-electron chi connectivity index (χ1n) is 10.5. The van der Waals surface area contributed by atoms with Crippen LogP contribution in [0.5, 0.6) is 0 Å². The van der Waals surface area contributed by atoms with E-state index in [1.165, 1.54) is 13.1 Å². The SMILES string of the molecule is CC(=O)N1c2ccc(C(C=NCc3cccnc3)=CN)cc2N(C(=O)OC(C)C)CC1C. The molecule has 3 rings (SSSR count). The number of nitrogens with zero attached hydrogens (tertiary/aromatic N) is 4. The van der Waals surface area contributed by atoms with Crippen molar-refractivity contribution in [1.82, 2.24) is 4.98 Å². The molecule has 1 atom stereocenters. The monoisotopic (exact) mass is 435 g/mol. The number of anilines is 2. The molecule has 1 aromatic heterocycles. The fourth-order valence-electron chi connectivity index (χ4n) is 3.68. The highest BCUT2D eigenvalue weighted by Gasteiger charge is 2.34. The normalized spacial score (nSPS) is 16.4. The first-order valence-corrected chi connectivity index (χ1v) is 10.5. The number of carbonyl (C=O) groups excluding carboxylic acids is 2. The minimum atomic E-state index is -0.447. The van der Waals surface area contributed by atoms with Gasteiger partial charge in [0.05, 0.1) is 30.1 Å². The minimum Gasteiger partial charge on any atom is -0.446 e. The van der Waals surface area contributed by atoms with Crippen LogP contribution in [0, 0.1) is 0 Å². The molecule has 0 spiro atoms. The van der Waals surface area contributed by atoms with Crippen LogP contribution in [0.3, 0.4) is 0 Å². The molecule has 1 aromatic carbocycles. The Hall–Kier alpha value is -3.68. The molecule has 168 valence electrons. The largest absolute Gasteiger partial charge is 0.446 e.